The highest BCUT2D eigenvalue weighted by Gasteiger charge is 2.33. The number of carbonyl (C=O) groups is 1. The summed E-state index contributed by atoms with van der Waals surface area (Å²) < 4.78 is 65.7. The molecular formula is C20H19F3N2O4S. The lowest BCUT2D eigenvalue weighted by atomic mass is 10.00. The van der Waals surface area contributed by atoms with Crippen LogP contribution in [0.4, 0.5) is 18.9 Å². The molecule has 2 aliphatic rings. The van der Waals surface area contributed by atoms with Gasteiger partial charge in [-0.2, -0.15) is 13.2 Å². The number of aryl methyl sites for hydroxylation is 1. The number of sulfonamides is 1. The lowest BCUT2D eigenvalue weighted by molar-refractivity contribution is -0.137. The third-order valence-corrected chi connectivity index (χ3v) is 6.83. The monoisotopic (exact) mass is 440 g/mol. The summed E-state index contributed by atoms with van der Waals surface area (Å²) in [6, 6.07) is 6.98. The predicted octanol–water partition coefficient (Wildman–Crippen LogP) is 2.55. The number of anilines is 1. The molecule has 1 atom stereocenters. The minimum absolute atomic E-state index is 0.0367. The van der Waals surface area contributed by atoms with Crippen LogP contribution >= 0.6 is 0 Å². The average molecular weight is 440 g/mol. The first-order valence-corrected chi connectivity index (χ1v) is 10.9. The van der Waals surface area contributed by atoms with Crippen LogP contribution in [0.15, 0.2) is 41.3 Å². The molecule has 0 unspecified atom stereocenters. The smallest absolute Gasteiger partial charge is 0.387 e. The van der Waals surface area contributed by atoms with E-state index in [1.807, 2.05) is 0 Å². The quantitative estimate of drug-likeness (QED) is 0.748. The summed E-state index contributed by atoms with van der Waals surface area (Å²) in [7, 11) is -3.95. The van der Waals surface area contributed by atoms with Crippen LogP contribution in [0.1, 0.15) is 34.8 Å². The fourth-order valence-corrected chi connectivity index (χ4v) is 5.00. The predicted molar refractivity (Wildman–Crippen MR) is 102 cm³/mol. The van der Waals surface area contributed by atoms with Crippen molar-refractivity contribution in [1.82, 2.24) is 4.72 Å². The highest BCUT2D eigenvalue weighted by atomic mass is 32.2. The summed E-state index contributed by atoms with van der Waals surface area (Å²) in [4.78, 5) is 13.7. The second-order valence-corrected chi connectivity index (χ2v) is 9.14. The number of aliphatic hydroxyl groups excluding tert-OH is 1. The third-order valence-electron chi connectivity index (χ3n) is 5.43. The first-order valence-electron chi connectivity index (χ1n) is 9.37. The van der Waals surface area contributed by atoms with Gasteiger partial charge in [-0.05, 0) is 53.8 Å². The molecule has 160 valence electrons. The van der Waals surface area contributed by atoms with Crippen molar-refractivity contribution in [3.63, 3.8) is 0 Å². The van der Waals surface area contributed by atoms with Crippen molar-refractivity contribution in [1.29, 1.82) is 0 Å². The van der Waals surface area contributed by atoms with E-state index in [1.165, 1.54) is 12.1 Å². The first kappa shape index (κ1) is 20.8. The van der Waals surface area contributed by atoms with Crippen molar-refractivity contribution in [2.45, 2.75) is 36.4 Å². The van der Waals surface area contributed by atoms with Crippen molar-refractivity contribution in [2.24, 2.45) is 0 Å². The number of alkyl halides is 3. The summed E-state index contributed by atoms with van der Waals surface area (Å²) in [6.07, 6.45) is -4.42. The molecule has 0 saturated carbocycles. The summed E-state index contributed by atoms with van der Waals surface area (Å²) in [5.41, 5.74) is 1.72. The van der Waals surface area contributed by atoms with Crippen molar-refractivity contribution >= 4 is 21.6 Å². The van der Waals surface area contributed by atoms with Crippen LogP contribution in [0.2, 0.25) is 0 Å². The Labute approximate surface area is 171 Å². The van der Waals surface area contributed by atoms with Gasteiger partial charge in [0.2, 0.25) is 15.9 Å². The largest absolute Gasteiger partial charge is 0.416 e. The van der Waals surface area contributed by atoms with Gasteiger partial charge in [-0.25, -0.2) is 13.1 Å². The number of nitrogens with one attached hydrogen (secondary N) is 1. The second-order valence-electron chi connectivity index (χ2n) is 7.37. The number of carbonyl (C=O) groups excluding carboxylic acids is 1. The SMILES string of the molecule is O=C1CCc2cc(S(=O)(=O)NC[C@@H](O)c3ccc(C(F)(F)F)cc3)cc3c2N1CC3. The number of benzene rings is 2. The van der Waals surface area contributed by atoms with Crippen molar-refractivity contribution in [3.05, 3.63) is 58.7 Å². The van der Waals surface area contributed by atoms with Crippen LogP contribution in [-0.2, 0) is 33.8 Å². The van der Waals surface area contributed by atoms with E-state index in [9.17, 15) is 31.5 Å². The van der Waals surface area contributed by atoms with E-state index in [4.69, 9.17) is 0 Å². The molecular weight excluding hydrogens is 421 g/mol. The number of hydrogen-bond acceptors (Lipinski definition) is 4. The molecule has 10 heteroatoms. The Morgan fingerprint density at radius 3 is 2.33 bits per heavy atom. The summed E-state index contributed by atoms with van der Waals surface area (Å²) >= 11 is 0. The Morgan fingerprint density at radius 1 is 1.07 bits per heavy atom. The number of aliphatic hydroxyl groups is 1. The third kappa shape index (κ3) is 3.82. The lowest BCUT2D eigenvalue weighted by Gasteiger charge is -2.25. The maximum Gasteiger partial charge on any atom is 0.416 e. The van der Waals surface area contributed by atoms with Gasteiger partial charge in [0.15, 0.2) is 0 Å². The van der Waals surface area contributed by atoms with Gasteiger partial charge >= 0.3 is 6.18 Å². The van der Waals surface area contributed by atoms with Gasteiger partial charge in [-0.15, -0.1) is 0 Å². The lowest BCUT2D eigenvalue weighted by Crippen LogP contribution is -2.33. The van der Waals surface area contributed by atoms with E-state index in [1.54, 1.807) is 4.90 Å². The molecule has 2 aromatic carbocycles. The van der Waals surface area contributed by atoms with Crippen LogP contribution in [0, 0.1) is 0 Å². The molecule has 0 radical (unpaired) electrons. The summed E-state index contributed by atoms with van der Waals surface area (Å²) in [5, 5.41) is 10.2. The van der Waals surface area contributed by atoms with E-state index in [-0.39, 0.29) is 22.9 Å². The van der Waals surface area contributed by atoms with Gasteiger partial charge in [0.05, 0.1) is 22.3 Å². The van der Waals surface area contributed by atoms with Crippen LogP contribution in [-0.4, -0.2) is 32.5 Å². The van der Waals surface area contributed by atoms with Crippen molar-refractivity contribution in [2.75, 3.05) is 18.0 Å². The molecule has 1 amide bonds. The van der Waals surface area contributed by atoms with Crippen molar-refractivity contribution < 1.29 is 31.5 Å². The molecule has 6 nitrogen and oxygen atoms in total. The minimum atomic E-state index is -4.49. The molecule has 0 saturated heterocycles. The molecule has 4 rings (SSSR count). The van der Waals surface area contributed by atoms with E-state index in [0.717, 1.165) is 41.1 Å². The van der Waals surface area contributed by atoms with Gasteiger partial charge in [-0.3, -0.25) is 4.79 Å². The Bertz CT molecular complexity index is 1100. The zero-order valence-electron chi connectivity index (χ0n) is 15.7. The van der Waals surface area contributed by atoms with Gasteiger partial charge < -0.3 is 10.0 Å². The highest BCUT2D eigenvalue weighted by Crippen LogP contribution is 2.38. The molecule has 0 bridgehead atoms. The second kappa shape index (κ2) is 7.36. The number of amides is 1. The normalized spacial score (nSPS) is 17.2. The highest BCUT2D eigenvalue weighted by molar-refractivity contribution is 7.89. The first-order chi connectivity index (χ1) is 14.1. The number of halogens is 3. The van der Waals surface area contributed by atoms with Crippen molar-refractivity contribution in [3.8, 4) is 0 Å². The Kier molecular flexibility index (Phi) is 5.11. The summed E-state index contributed by atoms with van der Waals surface area (Å²) in [6.45, 7) is 0.148. The molecule has 2 heterocycles. The zero-order chi connectivity index (χ0) is 21.7. The van der Waals surface area contributed by atoms with Gasteiger partial charge in [0, 0.05) is 19.5 Å². The number of hydrogen-bond donors (Lipinski definition) is 2. The molecule has 0 aromatic heterocycles. The van der Waals surface area contributed by atoms with E-state index >= 15 is 0 Å². The fourth-order valence-electron chi connectivity index (χ4n) is 3.87. The van der Waals surface area contributed by atoms with Crippen LogP contribution in [0.25, 0.3) is 0 Å². The Balaban J connectivity index is 1.50. The number of nitrogens with zero attached hydrogens (tertiary/aromatic N) is 1. The molecule has 2 aliphatic heterocycles. The van der Waals surface area contributed by atoms with E-state index < -0.39 is 27.9 Å². The standard InChI is InChI=1S/C20H19F3N2O4S/c21-20(22,23)15-4-1-12(2-5-15)17(26)11-24-30(28,29)16-9-13-3-6-18(27)25-8-7-14(10-16)19(13)25/h1-2,4-5,9-10,17,24,26H,3,6-8,11H2/t17-/m1/s1. The molecule has 0 spiro atoms. The van der Waals surface area contributed by atoms with Gasteiger partial charge in [0.25, 0.3) is 0 Å². The maximum atomic E-state index is 12.7. The van der Waals surface area contributed by atoms with E-state index in [2.05, 4.69) is 4.72 Å². The molecule has 2 N–H and O–H groups in total. The van der Waals surface area contributed by atoms with Crippen LogP contribution < -0.4 is 9.62 Å². The zero-order valence-corrected chi connectivity index (χ0v) is 16.6. The Morgan fingerprint density at radius 2 is 1.70 bits per heavy atom. The van der Waals surface area contributed by atoms with Crippen LogP contribution in [0.5, 0.6) is 0 Å². The van der Waals surface area contributed by atoms with Gasteiger partial charge in [0.1, 0.15) is 0 Å². The average Bonchev–Trinajstić information content (AvgIpc) is 3.14. The molecule has 30 heavy (non-hydrogen) atoms. The minimum Gasteiger partial charge on any atom is -0.387 e. The molecule has 2 aromatic rings. The maximum absolute atomic E-state index is 12.7. The topological polar surface area (TPSA) is 86.7 Å². The molecule has 0 aliphatic carbocycles. The van der Waals surface area contributed by atoms with Gasteiger partial charge in [-0.1, -0.05) is 12.1 Å². The fraction of sp³-hybridized carbons (Fsp3) is 0.350. The van der Waals surface area contributed by atoms with E-state index in [0.29, 0.717) is 25.8 Å². The number of rotatable bonds is 5. The Hall–Kier alpha value is -2.43. The summed E-state index contributed by atoms with van der Waals surface area (Å²) in [5.74, 6) is 0.0367. The molecule has 0 fully saturated rings. The van der Waals surface area contributed by atoms with Crippen LogP contribution in [0.3, 0.4) is 0 Å².